The molecule has 6 heteroatoms. The van der Waals surface area contributed by atoms with Crippen molar-refractivity contribution in [1.82, 2.24) is 0 Å². The lowest BCUT2D eigenvalue weighted by atomic mass is 9.87. The van der Waals surface area contributed by atoms with Gasteiger partial charge in [0.05, 0.1) is 12.2 Å². The van der Waals surface area contributed by atoms with Crippen molar-refractivity contribution in [3.05, 3.63) is 76.1 Å². The summed E-state index contributed by atoms with van der Waals surface area (Å²) in [5.74, 6) is 0.0462. The van der Waals surface area contributed by atoms with Crippen LogP contribution in [0.1, 0.15) is 38.0 Å². The Bertz CT molecular complexity index is 1100. The molecule has 0 fully saturated rings. The van der Waals surface area contributed by atoms with Crippen molar-refractivity contribution in [2.24, 2.45) is 0 Å². The van der Waals surface area contributed by atoms with Crippen LogP contribution in [0.4, 0.5) is 0 Å². The minimum absolute atomic E-state index is 0.320. The maximum absolute atomic E-state index is 11.9. The fourth-order valence-electron chi connectivity index (χ4n) is 3.70. The third kappa shape index (κ3) is 3.76. The Morgan fingerprint density at radius 3 is 2.52 bits per heavy atom. The molecule has 1 aliphatic rings. The van der Waals surface area contributed by atoms with E-state index >= 15 is 0 Å². The molecule has 0 N–H and O–H groups in total. The van der Waals surface area contributed by atoms with Gasteiger partial charge >= 0.3 is 11.6 Å². The third-order valence-electron chi connectivity index (χ3n) is 4.97. The number of esters is 1. The molecule has 0 spiro atoms. The highest BCUT2D eigenvalue weighted by atomic mass is 16.6. The van der Waals surface area contributed by atoms with Crippen LogP contribution in [0.15, 0.2) is 63.8 Å². The molecule has 4 rings (SSSR count). The summed E-state index contributed by atoms with van der Waals surface area (Å²) in [6, 6.07) is 16.3. The van der Waals surface area contributed by atoms with Crippen LogP contribution in [-0.2, 0) is 20.9 Å². The van der Waals surface area contributed by atoms with Gasteiger partial charge in [-0.1, -0.05) is 30.3 Å². The van der Waals surface area contributed by atoms with Gasteiger partial charge in [0.25, 0.3) is 0 Å². The highest BCUT2D eigenvalue weighted by Gasteiger charge is 2.48. The molecule has 150 valence electrons. The lowest BCUT2D eigenvalue weighted by Crippen LogP contribution is -2.51. The average Bonchev–Trinajstić information content (AvgIpc) is 2.66. The maximum Gasteiger partial charge on any atom is 0.336 e. The normalized spacial score (nSPS) is 20.0. The Morgan fingerprint density at radius 2 is 1.79 bits per heavy atom. The van der Waals surface area contributed by atoms with Gasteiger partial charge in [-0.25, -0.2) is 4.79 Å². The molecule has 0 amide bonds. The summed E-state index contributed by atoms with van der Waals surface area (Å²) in [6.07, 6.45) is -1.40. The Labute approximate surface area is 168 Å². The summed E-state index contributed by atoms with van der Waals surface area (Å²) < 4.78 is 23.6. The fourth-order valence-corrected chi connectivity index (χ4v) is 3.70. The van der Waals surface area contributed by atoms with Gasteiger partial charge < -0.3 is 18.6 Å². The van der Waals surface area contributed by atoms with Gasteiger partial charge in [0, 0.05) is 18.4 Å². The van der Waals surface area contributed by atoms with Gasteiger partial charge in [0.15, 0.2) is 6.10 Å². The summed E-state index contributed by atoms with van der Waals surface area (Å²) in [6.45, 7) is 5.43. The zero-order chi connectivity index (χ0) is 20.6. The van der Waals surface area contributed by atoms with Gasteiger partial charge in [0.1, 0.15) is 23.0 Å². The lowest BCUT2D eigenvalue weighted by Gasteiger charge is -2.43. The number of rotatable bonds is 4. The molecule has 1 aromatic heterocycles. The average molecular weight is 394 g/mol. The molecule has 6 nitrogen and oxygen atoms in total. The van der Waals surface area contributed by atoms with Crippen LogP contribution in [-0.4, -0.2) is 17.7 Å². The molecule has 0 bridgehead atoms. The van der Waals surface area contributed by atoms with Crippen molar-refractivity contribution in [3.8, 4) is 5.75 Å². The first kappa shape index (κ1) is 19.2. The second-order valence-electron chi connectivity index (χ2n) is 7.60. The largest absolute Gasteiger partial charge is 0.484 e. The van der Waals surface area contributed by atoms with E-state index in [0.717, 1.165) is 5.56 Å². The van der Waals surface area contributed by atoms with E-state index < -0.39 is 29.4 Å². The zero-order valence-electron chi connectivity index (χ0n) is 16.5. The second-order valence-corrected chi connectivity index (χ2v) is 7.60. The predicted molar refractivity (Wildman–Crippen MR) is 107 cm³/mol. The van der Waals surface area contributed by atoms with Crippen molar-refractivity contribution >= 4 is 16.9 Å². The Kier molecular flexibility index (Phi) is 4.88. The first-order chi connectivity index (χ1) is 13.8. The molecule has 2 heterocycles. The van der Waals surface area contributed by atoms with Crippen LogP contribution < -0.4 is 10.4 Å². The summed E-state index contributed by atoms with van der Waals surface area (Å²) >= 11 is 0. The van der Waals surface area contributed by atoms with E-state index in [9.17, 15) is 9.59 Å². The van der Waals surface area contributed by atoms with Crippen LogP contribution in [0.2, 0.25) is 0 Å². The van der Waals surface area contributed by atoms with Gasteiger partial charge in [-0.2, -0.15) is 0 Å². The van der Waals surface area contributed by atoms with Crippen LogP contribution in [0.25, 0.3) is 11.0 Å². The van der Waals surface area contributed by atoms with E-state index in [0.29, 0.717) is 28.9 Å². The molecule has 0 unspecified atom stereocenters. The van der Waals surface area contributed by atoms with Crippen molar-refractivity contribution in [2.45, 2.75) is 45.2 Å². The number of ether oxygens (including phenoxy) is 3. The number of carbonyl (C=O) groups excluding carboxylic acids is 1. The molecule has 2 atom stereocenters. The van der Waals surface area contributed by atoms with E-state index in [1.54, 1.807) is 12.1 Å². The predicted octanol–water partition coefficient (Wildman–Crippen LogP) is 4.15. The summed E-state index contributed by atoms with van der Waals surface area (Å²) in [5.41, 5.74) is 0.557. The van der Waals surface area contributed by atoms with Crippen LogP contribution in [0.3, 0.4) is 0 Å². The monoisotopic (exact) mass is 394 g/mol. The number of hydrogen-bond donors (Lipinski definition) is 0. The molecule has 29 heavy (non-hydrogen) atoms. The Balaban J connectivity index is 1.82. The molecular formula is C23H22O6. The van der Waals surface area contributed by atoms with Gasteiger partial charge in [-0.15, -0.1) is 0 Å². The summed E-state index contributed by atoms with van der Waals surface area (Å²) in [7, 11) is 0. The number of fused-ring (bicyclic) bond motifs is 3. The maximum atomic E-state index is 11.9. The van der Waals surface area contributed by atoms with Crippen LogP contribution in [0, 0.1) is 0 Å². The number of benzene rings is 2. The minimum atomic E-state index is -0.788. The van der Waals surface area contributed by atoms with E-state index in [1.165, 1.54) is 13.0 Å². The van der Waals surface area contributed by atoms with Gasteiger partial charge in [0.2, 0.25) is 0 Å². The quantitative estimate of drug-likeness (QED) is 0.489. The van der Waals surface area contributed by atoms with Crippen LogP contribution in [0.5, 0.6) is 5.75 Å². The van der Waals surface area contributed by atoms with Crippen molar-refractivity contribution in [1.29, 1.82) is 0 Å². The van der Waals surface area contributed by atoms with Crippen LogP contribution >= 0.6 is 0 Å². The molecule has 3 aromatic rings. The zero-order valence-corrected chi connectivity index (χ0v) is 16.5. The van der Waals surface area contributed by atoms with E-state index in [4.69, 9.17) is 18.6 Å². The standard InChI is InChI=1S/C23H22O6/c1-14(24)27-21-19-17(11-9-16-10-12-18(25)28-20(16)19)29-23(2,3)22(21)26-13-15-7-5-4-6-8-15/h4-12,21-22H,13H2,1-3H3/t21-,22+/m0/s1. The molecule has 0 aliphatic carbocycles. The van der Waals surface area contributed by atoms with Crippen molar-refractivity contribution in [2.75, 3.05) is 0 Å². The second kappa shape index (κ2) is 7.37. The minimum Gasteiger partial charge on any atom is -0.484 e. The smallest absolute Gasteiger partial charge is 0.336 e. The molecule has 0 radical (unpaired) electrons. The molecule has 1 aliphatic heterocycles. The van der Waals surface area contributed by atoms with E-state index in [-0.39, 0.29) is 0 Å². The third-order valence-corrected chi connectivity index (χ3v) is 4.97. The Morgan fingerprint density at radius 1 is 1.07 bits per heavy atom. The molecule has 0 saturated heterocycles. The van der Waals surface area contributed by atoms with Gasteiger partial charge in [-0.3, -0.25) is 4.79 Å². The molecule has 0 saturated carbocycles. The van der Waals surface area contributed by atoms with Crippen molar-refractivity contribution < 1.29 is 23.4 Å². The highest BCUT2D eigenvalue weighted by molar-refractivity contribution is 5.83. The Hall–Kier alpha value is -3.12. The van der Waals surface area contributed by atoms with Gasteiger partial charge in [-0.05, 0) is 37.6 Å². The number of carbonyl (C=O) groups is 1. The molecular weight excluding hydrogens is 372 g/mol. The summed E-state index contributed by atoms with van der Waals surface area (Å²) in [4.78, 5) is 23.8. The van der Waals surface area contributed by atoms with E-state index in [1.807, 2.05) is 50.2 Å². The number of hydrogen-bond acceptors (Lipinski definition) is 6. The molecule has 2 aromatic carbocycles. The van der Waals surface area contributed by atoms with Crippen molar-refractivity contribution in [3.63, 3.8) is 0 Å². The SMILES string of the molecule is CC(=O)O[C@H]1c2c(ccc3ccc(=O)oc23)OC(C)(C)[C@@H]1OCc1ccccc1. The van der Waals surface area contributed by atoms with E-state index in [2.05, 4.69) is 0 Å². The first-order valence-corrected chi connectivity index (χ1v) is 9.44. The lowest BCUT2D eigenvalue weighted by molar-refractivity contribution is -0.181. The highest BCUT2D eigenvalue weighted by Crippen LogP contribution is 2.46. The first-order valence-electron chi connectivity index (χ1n) is 9.44. The topological polar surface area (TPSA) is 75.0 Å². The fraction of sp³-hybridized carbons (Fsp3) is 0.304. The summed E-state index contributed by atoms with van der Waals surface area (Å²) in [5, 5.41) is 0.714.